The van der Waals surface area contributed by atoms with Gasteiger partial charge < -0.3 is 0 Å². The van der Waals surface area contributed by atoms with Gasteiger partial charge in [-0.15, -0.1) is 0 Å². The standard InChI is InChI=1S/C7H10N6O4S2/c1-13-4-6(18(8,14)15)7(11-13)12-19(16,17)5-2-9-10-3-5/h2-4H,1H3,(H,9,10)(H,11,12)(H2,8,14,15). The molecule has 0 amide bonds. The molecule has 0 aliphatic heterocycles. The highest BCUT2D eigenvalue weighted by Crippen LogP contribution is 2.20. The maximum absolute atomic E-state index is 11.9. The predicted octanol–water partition coefficient (Wildman–Crippen LogP) is -1.41. The quantitative estimate of drug-likeness (QED) is 0.631. The van der Waals surface area contributed by atoms with E-state index in [9.17, 15) is 16.8 Å². The molecule has 2 aromatic rings. The molecule has 0 saturated carbocycles. The summed E-state index contributed by atoms with van der Waals surface area (Å²) in [5, 5.41) is 14.5. The Morgan fingerprint density at radius 2 is 2.05 bits per heavy atom. The molecule has 0 spiro atoms. The number of aryl methyl sites for hydroxylation is 1. The lowest BCUT2D eigenvalue weighted by molar-refractivity contribution is 0.598. The topological polar surface area (TPSA) is 153 Å². The first kappa shape index (κ1) is 13.5. The minimum absolute atomic E-state index is 0.154. The molecule has 2 rings (SSSR count). The molecule has 0 aromatic carbocycles. The third-order valence-electron chi connectivity index (χ3n) is 2.12. The molecular weight excluding hydrogens is 296 g/mol. The largest absolute Gasteiger partial charge is 0.284 e. The van der Waals surface area contributed by atoms with Crippen molar-refractivity contribution in [2.24, 2.45) is 12.2 Å². The number of H-pyrrole nitrogens is 1. The van der Waals surface area contributed by atoms with Crippen LogP contribution >= 0.6 is 0 Å². The Hall–Kier alpha value is -1.92. The fourth-order valence-corrected chi connectivity index (χ4v) is 2.97. The van der Waals surface area contributed by atoms with Gasteiger partial charge in [-0.3, -0.25) is 14.5 Å². The molecule has 4 N–H and O–H groups in total. The van der Waals surface area contributed by atoms with Gasteiger partial charge in [0.2, 0.25) is 10.0 Å². The van der Waals surface area contributed by atoms with Crippen LogP contribution in [0.5, 0.6) is 0 Å². The van der Waals surface area contributed by atoms with E-state index in [0.29, 0.717) is 0 Å². The van der Waals surface area contributed by atoms with Crippen molar-refractivity contribution >= 4 is 25.9 Å². The predicted molar refractivity (Wildman–Crippen MR) is 64.0 cm³/mol. The highest BCUT2D eigenvalue weighted by atomic mass is 32.2. The van der Waals surface area contributed by atoms with Gasteiger partial charge in [0.15, 0.2) is 5.82 Å². The highest BCUT2D eigenvalue weighted by Gasteiger charge is 2.24. The van der Waals surface area contributed by atoms with E-state index >= 15 is 0 Å². The van der Waals surface area contributed by atoms with Gasteiger partial charge in [0, 0.05) is 19.4 Å². The zero-order chi connectivity index (χ0) is 14.3. The summed E-state index contributed by atoms with van der Waals surface area (Å²) in [5.41, 5.74) is 0. The van der Waals surface area contributed by atoms with Crippen LogP contribution in [-0.2, 0) is 27.1 Å². The summed E-state index contributed by atoms with van der Waals surface area (Å²) in [6.07, 6.45) is 3.31. The minimum Gasteiger partial charge on any atom is -0.284 e. The number of anilines is 1. The Balaban J connectivity index is 2.46. The zero-order valence-corrected chi connectivity index (χ0v) is 11.2. The summed E-state index contributed by atoms with van der Waals surface area (Å²) >= 11 is 0. The average molecular weight is 306 g/mol. The molecule has 19 heavy (non-hydrogen) atoms. The van der Waals surface area contributed by atoms with Crippen LogP contribution in [0.1, 0.15) is 0 Å². The third kappa shape index (κ3) is 2.74. The van der Waals surface area contributed by atoms with Crippen LogP contribution < -0.4 is 9.86 Å². The van der Waals surface area contributed by atoms with Crippen molar-refractivity contribution in [1.82, 2.24) is 20.0 Å². The van der Waals surface area contributed by atoms with E-state index in [2.05, 4.69) is 15.3 Å². The molecule has 12 heteroatoms. The second-order valence-corrected chi connectivity index (χ2v) is 6.81. The van der Waals surface area contributed by atoms with Crippen LogP contribution in [0.15, 0.2) is 28.4 Å². The normalized spacial score (nSPS) is 12.5. The summed E-state index contributed by atoms with van der Waals surface area (Å²) in [7, 11) is -6.63. The monoisotopic (exact) mass is 306 g/mol. The summed E-state index contributed by atoms with van der Waals surface area (Å²) < 4.78 is 49.6. The second-order valence-electron chi connectivity index (χ2n) is 3.60. The van der Waals surface area contributed by atoms with Gasteiger partial charge in [0.05, 0.1) is 6.20 Å². The van der Waals surface area contributed by atoms with E-state index in [-0.39, 0.29) is 10.7 Å². The summed E-state index contributed by atoms with van der Waals surface area (Å²) in [6, 6.07) is 0. The van der Waals surface area contributed by atoms with Crippen molar-refractivity contribution in [2.75, 3.05) is 4.72 Å². The lowest BCUT2D eigenvalue weighted by atomic mass is 10.7. The van der Waals surface area contributed by atoms with Gasteiger partial charge in [-0.1, -0.05) is 0 Å². The van der Waals surface area contributed by atoms with Crippen LogP contribution in [0.25, 0.3) is 0 Å². The Morgan fingerprint density at radius 3 is 2.58 bits per heavy atom. The SMILES string of the molecule is Cn1cc(S(N)(=O)=O)c(NS(=O)(=O)c2cn[nH]c2)n1. The van der Waals surface area contributed by atoms with Gasteiger partial charge in [-0.2, -0.15) is 10.2 Å². The first-order chi connectivity index (χ1) is 8.70. The second kappa shape index (κ2) is 4.32. The summed E-state index contributed by atoms with van der Waals surface area (Å²) in [5.74, 6) is -0.369. The smallest absolute Gasteiger partial charge is 0.266 e. The van der Waals surface area contributed by atoms with E-state index in [1.165, 1.54) is 7.05 Å². The average Bonchev–Trinajstić information content (AvgIpc) is 2.85. The summed E-state index contributed by atoms with van der Waals surface area (Å²) in [4.78, 5) is -0.569. The van der Waals surface area contributed by atoms with Crippen molar-refractivity contribution < 1.29 is 16.8 Å². The molecule has 0 fully saturated rings. The van der Waals surface area contributed by atoms with Crippen molar-refractivity contribution in [1.29, 1.82) is 0 Å². The van der Waals surface area contributed by atoms with Gasteiger partial charge in [0.25, 0.3) is 10.0 Å². The highest BCUT2D eigenvalue weighted by molar-refractivity contribution is 7.93. The van der Waals surface area contributed by atoms with Crippen molar-refractivity contribution in [3.8, 4) is 0 Å². The number of hydrogen-bond acceptors (Lipinski definition) is 6. The molecule has 2 aromatic heterocycles. The summed E-state index contributed by atoms with van der Waals surface area (Å²) in [6.45, 7) is 0. The molecule has 0 atom stereocenters. The fourth-order valence-electron chi connectivity index (χ4n) is 1.32. The number of hydrogen-bond donors (Lipinski definition) is 3. The molecule has 0 aliphatic rings. The molecular formula is C7H10N6O4S2. The number of aromatic amines is 1. The molecule has 10 nitrogen and oxygen atoms in total. The zero-order valence-electron chi connectivity index (χ0n) is 9.60. The van der Waals surface area contributed by atoms with Crippen molar-refractivity contribution in [2.45, 2.75) is 9.79 Å². The van der Waals surface area contributed by atoms with E-state index in [1.54, 1.807) is 0 Å². The first-order valence-corrected chi connectivity index (χ1v) is 7.81. The fraction of sp³-hybridized carbons (Fsp3) is 0.143. The Morgan fingerprint density at radius 1 is 1.37 bits per heavy atom. The number of sulfonamides is 2. The third-order valence-corrected chi connectivity index (χ3v) is 4.33. The Labute approximate surface area is 108 Å². The van der Waals surface area contributed by atoms with Crippen molar-refractivity contribution in [3.63, 3.8) is 0 Å². The number of nitrogens with two attached hydrogens (primary N) is 1. The molecule has 0 bridgehead atoms. The maximum Gasteiger partial charge on any atom is 0.266 e. The van der Waals surface area contributed by atoms with Crippen LogP contribution in [-0.4, -0.2) is 36.8 Å². The van der Waals surface area contributed by atoms with Crippen LogP contribution in [0.2, 0.25) is 0 Å². The number of aromatic nitrogens is 4. The van der Waals surface area contributed by atoms with Crippen LogP contribution in [0.3, 0.4) is 0 Å². The van der Waals surface area contributed by atoms with Crippen LogP contribution in [0, 0.1) is 0 Å². The van der Waals surface area contributed by atoms with Crippen molar-refractivity contribution in [3.05, 3.63) is 18.6 Å². The van der Waals surface area contributed by atoms with E-state index in [0.717, 1.165) is 23.3 Å². The molecule has 104 valence electrons. The lowest BCUT2D eigenvalue weighted by Crippen LogP contribution is -2.17. The van der Waals surface area contributed by atoms with E-state index in [1.807, 2.05) is 4.72 Å². The van der Waals surface area contributed by atoms with Gasteiger partial charge in [-0.25, -0.2) is 22.0 Å². The molecule has 0 unspecified atom stereocenters. The molecule has 0 aliphatic carbocycles. The maximum atomic E-state index is 11.9. The van der Waals surface area contributed by atoms with Gasteiger partial charge >= 0.3 is 0 Å². The first-order valence-electron chi connectivity index (χ1n) is 4.78. The van der Waals surface area contributed by atoms with E-state index < -0.39 is 24.9 Å². The molecule has 0 saturated heterocycles. The van der Waals surface area contributed by atoms with Gasteiger partial charge in [-0.05, 0) is 0 Å². The number of rotatable bonds is 4. The molecule has 2 heterocycles. The number of nitrogens with one attached hydrogen (secondary N) is 2. The Kier molecular flexibility index (Phi) is 3.07. The minimum atomic E-state index is -4.09. The van der Waals surface area contributed by atoms with E-state index in [4.69, 9.17) is 5.14 Å². The molecule has 0 radical (unpaired) electrons. The Bertz CT molecular complexity index is 789. The number of nitrogens with zero attached hydrogens (tertiary/aromatic N) is 3. The lowest BCUT2D eigenvalue weighted by Gasteiger charge is -2.04. The van der Waals surface area contributed by atoms with Crippen LogP contribution in [0.4, 0.5) is 5.82 Å². The number of primary sulfonamides is 1. The van der Waals surface area contributed by atoms with Gasteiger partial charge in [0.1, 0.15) is 9.79 Å².